The van der Waals surface area contributed by atoms with Crippen LogP contribution in [0.3, 0.4) is 0 Å². The Balaban J connectivity index is 1.41. The Morgan fingerprint density at radius 3 is 2.58 bits per heavy atom. The van der Waals surface area contributed by atoms with Gasteiger partial charge in [0.05, 0.1) is 0 Å². The molecule has 0 spiro atoms. The van der Waals surface area contributed by atoms with E-state index in [0.29, 0.717) is 17.9 Å². The maximum Gasteiger partial charge on any atom is 0.224 e. The van der Waals surface area contributed by atoms with E-state index in [1.165, 1.54) is 5.56 Å². The van der Waals surface area contributed by atoms with Gasteiger partial charge in [0.15, 0.2) is 11.5 Å². The van der Waals surface area contributed by atoms with Crippen LogP contribution in [0, 0.1) is 19.8 Å². The average molecular weight is 422 g/mol. The highest BCUT2D eigenvalue weighted by Crippen LogP contribution is 2.22. The molecule has 162 valence electrons. The number of carbonyl (C=O) groups is 2. The van der Waals surface area contributed by atoms with Gasteiger partial charge in [0, 0.05) is 37.5 Å². The SMILES string of the molecule is Cc1ccc(NC(=O)CCc2nnc3ccc(N4CCC(C(N)=O)CC4)nn23)cc1C. The lowest BCUT2D eigenvalue weighted by atomic mass is 9.96. The lowest BCUT2D eigenvalue weighted by molar-refractivity contribution is -0.122. The quantitative estimate of drug-likeness (QED) is 0.629. The third-order valence-electron chi connectivity index (χ3n) is 5.90. The number of piperidine rings is 1. The van der Waals surface area contributed by atoms with E-state index in [4.69, 9.17) is 5.73 Å². The predicted molar refractivity (Wildman–Crippen MR) is 118 cm³/mol. The number of nitrogens with one attached hydrogen (secondary N) is 1. The second-order valence-electron chi connectivity index (χ2n) is 8.09. The molecule has 1 aliphatic heterocycles. The second-order valence-corrected chi connectivity index (χ2v) is 8.09. The molecule has 9 nitrogen and oxygen atoms in total. The zero-order valence-corrected chi connectivity index (χ0v) is 17.8. The summed E-state index contributed by atoms with van der Waals surface area (Å²) in [5.74, 6) is 1.06. The van der Waals surface area contributed by atoms with Crippen molar-refractivity contribution in [3.63, 3.8) is 0 Å². The summed E-state index contributed by atoms with van der Waals surface area (Å²) in [6.07, 6.45) is 2.16. The first kappa shape index (κ1) is 20.8. The maximum atomic E-state index is 12.4. The normalized spacial score (nSPS) is 14.7. The van der Waals surface area contributed by atoms with Crippen LogP contribution >= 0.6 is 0 Å². The van der Waals surface area contributed by atoms with E-state index in [0.717, 1.165) is 43.0 Å². The second kappa shape index (κ2) is 8.71. The molecule has 1 aromatic carbocycles. The number of fused-ring (bicyclic) bond motifs is 1. The summed E-state index contributed by atoms with van der Waals surface area (Å²) in [5, 5.41) is 16.0. The molecule has 3 heterocycles. The van der Waals surface area contributed by atoms with Crippen LogP contribution in [0.25, 0.3) is 5.65 Å². The van der Waals surface area contributed by atoms with Gasteiger partial charge in [0.1, 0.15) is 5.82 Å². The van der Waals surface area contributed by atoms with Crippen LogP contribution in [0.1, 0.15) is 36.2 Å². The van der Waals surface area contributed by atoms with Gasteiger partial charge in [-0.15, -0.1) is 15.3 Å². The molecule has 1 aliphatic rings. The molecule has 31 heavy (non-hydrogen) atoms. The predicted octanol–water partition coefficient (Wildman–Crippen LogP) is 2.01. The minimum absolute atomic E-state index is 0.0683. The minimum Gasteiger partial charge on any atom is -0.369 e. The highest BCUT2D eigenvalue weighted by atomic mass is 16.2. The molecule has 3 aromatic rings. The van der Waals surface area contributed by atoms with Gasteiger partial charge in [0.25, 0.3) is 0 Å². The van der Waals surface area contributed by atoms with Gasteiger partial charge >= 0.3 is 0 Å². The smallest absolute Gasteiger partial charge is 0.224 e. The number of nitrogens with two attached hydrogens (primary N) is 1. The lowest BCUT2D eigenvalue weighted by Gasteiger charge is -2.31. The molecule has 0 radical (unpaired) electrons. The van der Waals surface area contributed by atoms with Crippen molar-refractivity contribution in [2.24, 2.45) is 11.7 Å². The minimum atomic E-state index is -0.233. The molecule has 0 atom stereocenters. The molecule has 1 fully saturated rings. The summed E-state index contributed by atoms with van der Waals surface area (Å²) >= 11 is 0. The Labute approximate surface area is 180 Å². The highest BCUT2D eigenvalue weighted by Gasteiger charge is 2.24. The fraction of sp³-hybridized carbons (Fsp3) is 0.409. The molecule has 0 aliphatic carbocycles. The molecule has 2 aromatic heterocycles. The number of anilines is 2. The summed E-state index contributed by atoms with van der Waals surface area (Å²) in [4.78, 5) is 25.9. The number of hydrogen-bond donors (Lipinski definition) is 2. The highest BCUT2D eigenvalue weighted by molar-refractivity contribution is 5.90. The van der Waals surface area contributed by atoms with Crippen molar-refractivity contribution >= 4 is 29.0 Å². The molecule has 4 rings (SSSR count). The van der Waals surface area contributed by atoms with Gasteiger partial charge in [-0.05, 0) is 62.1 Å². The number of nitrogens with zero attached hydrogens (tertiary/aromatic N) is 5. The zero-order chi connectivity index (χ0) is 22.0. The molecule has 0 saturated carbocycles. The van der Waals surface area contributed by atoms with E-state index in [1.54, 1.807) is 4.52 Å². The van der Waals surface area contributed by atoms with Gasteiger partial charge in [-0.2, -0.15) is 4.52 Å². The van der Waals surface area contributed by atoms with Gasteiger partial charge in [-0.3, -0.25) is 9.59 Å². The molecule has 1 saturated heterocycles. The number of hydrogen-bond acceptors (Lipinski definition) is 6. The standard InChI is InChI=1S/C22H27N7O2/c1-14-3-4-17(13-15(14)2)24-21(30)8-7-19-26-25-18-5-6-20(27-29(18)19)28-11-9-16(10-12-28)22(23)31/h3-6,13,16H,7-12H2,1-2H3,(H2,23,31)(H,24,30). The van der Waals surface area contributed by atoms with E-state index in [2.05, 4.69) is 25.5 Å². The van der Waals surface area contributed by atoms with Crippen molar-refractivity contribution in [1.29, 1.82) is 0 Å². The third-order valence-corrected chi connectivity index (χ3v) is 5.90. The molecule has 2 amide bonds. The van der Waals surface area contributed by atoms with Crippen molar-refractivity contribution in [2.75, 3.05) is 23.3 Å². The number of carbonyl (C=O) groups excluding carboxylic acids is 2. The summed E-state index contributed by atoms with van der Waals surface area (Å²) in [5.41, 5.74) is 9.18. The number of primary amides is 1. The van der Waals surface area contributed by atoms with Crippen molar-refractivity contribution in [2.45, 2.75) is 39.5 Å². The largest absolute Gasteiger partial charge is 0.369 e. The third kappa shape index (κ3) is 4.65. The van der Waals surface area contributed by atoms with Crippen molar-refractivity contribution in [3.05, 3.63) is 47.3 Å². The van der Waals surface area contributed by atoms with E-state index >= 15 is 0 Å². The van der Waals surface area contributed by atoms with Gasteiger partial charge in [-0.25, -0.2) is 0 Å². The first-order valence-electron chi connectivity index (χ1n) is 10.5. The zero-order valence-electron chi connectivity index (χ0n) is 17.8. The van der Waals surface area contributed by atoms with E-state index < -0.39 is 0 Å². The van der Waals surface area contributed by atoms with Crippen molar-refractivity contribution < 1.29 is 9.59 Å². The van der Waals surface area contributed by atoms with Crippen molar-refractivity contribution in [1.82, 2.24) is 19.8 Å². The van der Waals surface area contributed by atoms with Crippen LogP contribution in [-0.2, 0) is 16.0 Å². The van der Waals surface area contributed by atoms with Crippen LogP contribution in [0.15, 0.2) is 30.3 Å². The maximum absolute atomic E-state index is 12.4. The van der Waals surface area contributed by atoms with Gasteiger partial charge < -0.3 is 16.0 Å². The lowest BCUT2D eigenvalue weighted by Crippen LogP contribution is -2.39. The Morgan fingerprint density at radius 2 is 1.87 bits per heavy atom. The Hall–Kier alpha value is -3.49. The van der Waals surface area contributed by atoms with Gasteiger partial charge in [-0.1, -0.05) is 6.07 Å². The first-order valence-corrected chi connectivity index (χ1v) is 10.5. The Bertz CT molecular complexity index is 1120. The summed E-state index contributed by atoms with van der Waals surface area (Å²) in [6, 6.07) is 9.64. The molecule has 9 heteroatoms. The number of benzene rings is 1. The molecule has 0 bridgehead atoms. The summed E-state index contributed by atoms with van der Waals surface area (Å²) in [6.45, 7) is 5.51. The van der Waals surface area contributed by atoms with E-state index in [1.807, 2.05) is 44.2 Å². The number of aromatic nitrogens is 4. The van der Waals surface area contributed by atoms with Crippen LogP contribution in [-0.4, -0.2) is 44.7 Å². The average Bonchev–Trinajstić information content (AvgIpc) is 3.17. The molecule has 0 unspecified atom stereocenters. The first-order chi connectivity index (χ1) is 14.9. The fourth-order valence-corrected chi connectivity index (χ4v) is 3.81. The Kier molecular flexibility index (Phi) is 5.83. The number of amides is 2. The van der Waals surface area contributed by atoms with Crippen LogP contribution in [0.5, 0.6) is 0 Å². The van der Waals surface area contributed by atoms with Crippen LogP contribution in [0.2, 0.25) is 0 Å². The fourth-order valence-electron chi connectivity index (χ4n) is 3.81. The molecular weight excluding hydrogens is 394 g/mol. The summed E-state index contributed by atoms with van der Waals surface area (Å²) in [7, 11) is 0. The van der Waals surface area contributed by atoms with Gasteiger partial charge in [0.2, 0.25) is 11.8 Å². The number of aryl methyl sites for hydroxylation is 3. The summed E-state index contributed by atoms with van der Waals surface area (Å²) < 4.78 is 1.69. The van der Waals surface area contributed by atoms with Crippen LogP contribution < -0.4 is 16.0 Å². The monoisotopic (exact) mass is 421 g/mol. The topological polar surface area (TPSA) is 119 Å². The van der Waals surface area contributed by atoms with Crippen LogP contribution in [0.4, 0.5) is 11.5 Å². The van der Waals surface area contributed by atoms with E-state index in [9.17, 15) is 9.59 Å². The number of rotatable bonds is 6. The molecular formula is C22H27N7O2. The van der Waals surface area contributed by atoms with E-state index in [-0.39, 0.29) is 24.2 Å². The Morgan fingerprint density at radius 1 is 1.10 bits per heavy atom. The molecule has 3 N–H and O–H groups in total. The van der Waals surface area contributed by atoms with Crippen molar-refractivity contribution in [3.8, 4) is 0 Å².